The predicted octanol–water partition coefficient (Wildman–Crippen LogP) is 10.5. The van der Waals surface area contributed by atoms with E-state index in [2.05, 4.69) is 42.4 Å². The van der Waals surface area contributed by atoms with Gasteiger partial charge in [-0.1, -0.05) is 87.8 Å². The first-order valence-corrected chi connectivity index (χ1v) is 14.8. The fourth-order valence-corrected chi connectivity index (χ4v) is 7.81. The van der Waals surface area contributed by atoms with Crippen LogP contribution in [0.4, 0.5) is 11.4 Å². The minimum Gasteiger partial charge on any atom is -0.187 e. The van der Waals surface area contributed by atoms with Crippen molar-refractivity contribution in [1.29, 1.82) is 0 Å². The van der Waals surface area contributed by atoms with Crippen LogP contribution in [0.25, 0.3) is 0 Å². The van der Waals surface area contributed by atoms with Crippen LogP contribution in [0.15, 0.2) is 46.4 Å². The predicted molar refractivity (Wildman–Crippen MR) is 147 cm³/mol. The van der Waals surface area contributed by atoms with Crippen molar-refractivity contribution in [2.45, 2.75) is 126 Å². The van der Waals surface area contributed by atoms with Gasteiger partial charge in [-0.25, -0.2) is 0 Å². The zero-order valence-corrected chi connectivity index (χ0v) is 21.5. The van der Waals surface area contributed by atoms with Gasteiger partial charge in [0.1, 0.15) is 6.01 Å². The van der Waals surface area contributed by atoms with Crippen LogP contribution in [0, 0.1) is 0 Å². The summed E-state index contributed by atoms with van der Waals surface area (Å²) >= 11 is 0. The largest absolute Gasteiger partial charge is 0.187 e. The molecule has 0 radical (unpaired) electrons. The number of rotatable bonds is 6. The maximum atomic E-state index is 5.11. The summed E-state index contributed by atoms with van der Waals surface area (Å²) in [6.45, 7) is 0. The van der Waals surface area contributed by atoms with Gasteiger partial charge in [0.25, 0.3) is 0 Å². The summed E-state index contributed by atoms with van der Waals surface area (Å²) in [6, 6.07) is 17.3. The molecular weight excluding hydrogens is 424 g/mol. The Labute approximate surface area is 212 Å². The van der Waals surface area contributed by atoms with Crippen LogP contribution < -0.4 is 0 Å². The van der Waals surface area contributed by atoms with Crippen LogP contribution in [-0.4, -0.2) is 6.01 Å². The molecule has 2 aromatic rings. The Hall–Kier alpha value is -2.18. The lowest BCUT2D eigenvalue weighted by atomic mass is 9.88. The van der Waals surface area contributed by atoms with Crippen LogP contribution in [0.1, 0.15) is 149 Å². The standard InChI is InChI=1S/C33H42N2/c1-2-12-24(11-1)28-19-9-20-29(25-13-3-4-14-25)32(28)34-23-35-33-30(26-15-5-6-16-26)21-10-22-31(33)27-17-7-8-18-27/h9-10,19-22,24-27H,1-8,11-18H2. The molecule has 2 aromatic carbocycles. The minimum absolute atomic E-state index is 0.664. The highest BCUT2D eigenvalue weighted by atomic mass is 14.8. The summed E-state index contributed by atoms with van der Waals surface area (Å²) in [6.07, 6.45) is 21.3. The molecule has 0 N–H and O–H groups in total. The van der Waals surface area contributed by atoms with Crippen molar-refractivity contribution >= 4 is 17.4 Å². The number of para-hydroxylation sites is 2. The second kappa shape index (κ2) is 10.8. The van der Waals surface area contributed by atoms with E-state index in [0.717, 1.165) is 0 Å². The Bertz CT molecular complexity index is 916. The zero-order valence-electron chi connectivity index (χ0n) is 21.5. The Morgan fingerprint density at radius 2 is 0.686 bits per heavy atom. The maximum absolute atomic E-state index is 5.11. The van der Waals surface area contributed by atoms with E-state index in [-0.39, 0.29) is 0 Å². The summed E-state index contributed by atoms with van der Waals surface area (Å²) in [5, 5.41) is 0. The molecule has 0 aliphatic heterocycles. The van der Waals surface area contributed by atoms with Crippen LogP contribution >= 0.6 is 0 Å². The molecule has 0 aromatic heterocycles. The quantitative estimate of drug-likeness (QED) is 0.378. The molecule has 0 saturated heterocycles. The van der Waals surface area contributed by atoms with Crippen LogP contribution in [0.5, 0.6) is 0 Å². The first-order chi connectivity index (χ1) is 17.4. The minimum atomic E-state index is 0.664. The molecule has 4 fully saturated rings. The summed E-state index contributed by atoms with van der Waals surface area (Å²) in [5.41, 5.74) is 8.31. The SMILES string of the molecule is C(=Nc1c(C2CCCC2)cccc1C1CCCC1)=Nc1c(C2CCCC2)cccc1C1CCCC1. The average Bonchev–Trinajstić information content (AvgIpc) is 3.73. The molecule has 184 valence electrons. The Balaban J connectivity index is 1.42. The van der Waals surface area contributed by atoms with E-state index in [0.29, 0.717) is 23.7 Å². The third-order valence-electron chi connectivity index (χ3n) is 9.70. The highest BCUT2D eigenvalue weighted by Gasteiger charge is 2.27. The Morgan fingerprint density at radius 1 is 0.429 bits per heavy atom. The topological polar surface area (TPSA) is 24.7 Å². The first-order valence-electron chi connectivity index (χ1n) is 14.8. The van der Waals surface area contributed by atoms with Crippen molar-refractivity contribution in [3.8, 4) is 0 Å². The molecule has 4 aliphatic rings. The Morgan fingerprint density at radius 3 is 0.943 bits per heavy atom. The van der Waals surface area contributed by atoms with E-state index in [1.807, 2.05) is 0 Å². The van der Waals surface area contributed by atoms with E-state index in [4.69, 9.17) is 9.98 Å². The van der Waals surface area contributed by atoms with E-state index in [9.17, 15) is 0 Å². The molecule has 35 heavy (non-hydrogen) atoms. The second-order valence-corrected chi connectivity index (χ2v) is 11.8. The van der Waals surface area contributed by atoms with E-state index in [1.54, 1.807) is 0 Å². The highest BCUT2D eigenvalue weighted by molar-refractivity contribution is 5.67. The van der Waals surface area contributed by atoms with Crippen LogP contribution in [0.3, 0.4) is 0 Å². The van der Waals surface area contributed by atoms with E-state index >= 15 is 0 Å². The lowest BCUT2D eigenvalue weighted by Crippen LogP contribution is -2.00. The molecule has 2 nitrogen and oxygen atoms in total. The molecule has 6 rings (SSSR count). The van der Waals surface area contributed by atoms with Crippen molar-refractivity contribution < 1.29 is 0 Å². The van der Waals surface area contributed by atoms with Crippen molar-refractivity contribution in [2.24, 2.45) is 9.98 Å². The summed E-state index contributed by atoms with van der Waals surface area (Å²) < 4.78 is 0. The molecule has 4 saturated carbocycles. The molecule has 0 heterocycles. The van der Waals surface area contributed by atoms with Gasteiger partial charge in [-0.3, -0.25) is 0 Å². The van der Waals surface area contributed by atoms with Crippen molar-refractivity contribution in [1.82, 2.24) is 0 Å². The third kappa shape index (κ3) is 4.92. The van der Waals surface area contributed by atoms with Gasteiger partial charge in [0.15, 0.2) is 0 Å². The molecule has 2 heteroatoms. The number of aliphatic imine (C=N–C) groups is 2. The number of hydrogen-bond acceptors (Lipinski definition) is 2. The number of nitrogens with zero attached hydrogens (tertiary/aromatic N) is 2. The van der Waals surface area contributed by atoms with Gasteiger partial charge in [-0.2, -0.15) is 9.98 Å². The summed E-state index contributed by atoms with van der Waals surface area (Å²) in [7, 11) is 0. The smallest absolute Gasteiger partial charge is 0.101 e. The van der Waals surface area contributed by atoms with Gasteiger partial charge >= 0.3 is 0 Å². The van der Waals surface area contributed by atoms with Gasteiger partial charge in [0.2, 0.25) is 0 Å². The van der Waals surface area contributed by atoms with Crippen LogP contribution in [0.2, 0.25) is 0 Å². The molecule has 0 atom stereocenters. The normalized spacial score (nSPS) is 22.2. The van der Waals surface area contributed by atoms with Crippen molar-refractivity contribution in [3.05, 3.63) is 58.7 Å². The van der Waals surface area contributed by atoms with Crippen LogP contribution in [-0.2, 0) is 0 Å². The van der Waals surface area contributed by atoms with Gasteiger partial charge < -0.3 is 0 Å². The fourth-order valence-electron chi connectivity index (χ4n) is 7.81. The molecular formula is C33H42N2. The summed E-state index contributed by atoms with van der Waals surface area (Å²) in [4.78, 5) is 10.2. The lowest BCUT2D eigenvalue weighted by molar-refractivity contribution is 0.701. The molecule has 0 unspecified atom stereocenters. The zero-order chi connectivity index (χ0) is 23.5. The Kier molecular flexibility index (Phi) is 7.19. The average molecular weight is 467 g/mol. The summed E-state index contributed by atoms with van der Waals surface area (Å²) in [5.74, 6) is 2.65. The molecule has 0 bridgehead atoms. The van der Waals surface area contributed by atoms with Crippen molar-refractivity contribution in [2.75, 3.05) is 0 Å². The van der Waals surface area contributed by atoms with Gasteiger partial charge in [-0.15, -0.1) is 0 Å². The first kappa shape index (κ1) is 23.2. The molecule has 0 amide bonds. The van der Waals surface area contributed by atoms with Crippen molar-refractivity contribution in [3.63, 3.8) is 0 Å². The van der Waals surface area contributed by atoms with Gasteiger partial charge in [-0.05, 0) is 97.3 Å². The molecule has 0 spiro atoms. The number of benzene rings is 2. The monoisotopic (exact) mass is 466 g/mol. The maximum Gasteiger partial charge on any atom is 0.101 e. The van der Waals surface area contributed by atoms with Gasteiger partial charge in [0.05, 0.1) is 11.4 Å². The second-order valence-electron chi connectivity index (χ2n) is 11.8. The van der Waals surface area contributed by atoms with Gasteiger partial charge in [0, 0.05) is 0 Å². The lowest BCUT2D eigenvalue weighted by Gasteiger charge is -2.19. The third-order valence-corrected chi connectivity index (χ3v) is 9.70. The van der Waals surface area contributed by atoms with E-state index in [1.165, 1.54) is 136 Å². The highest BCUT2D eigenvalue weighted by Crippen LogP contribution is 2.47. The number of hydrogen-bond donors (Lipinski definition) is 0. The fraction of sp³-hybridized carbons (Fsp3) is 0.606. The molecule has 4 aliphatic carbocycles. The van der Waals surface area contributed by atoms with E-state index < -0.39 is 0 Å².